The van der Waals surface area contributed by atoms with Crippen LogP contribution in [0.5, 0.6) is 11.5 Å². The number of likely N-dealkylation sites (tertiary alicyclic amines) is 1. The van der Waals surface area contributed by atoms with Crippen molar-refractivity contribution in [3.63, 3.8) is 0 Å². The van der Waals surface area contributed by atoms with Gasteiger partial charge in [-0.2, -0.15) is 0 Å². The summed E-state index contributed by atoms with van der Waals surface area (Å²) < 4.78 is 11.3. The van der Waals surface area contributed by atoms with Gasteiger partial charge in [0.15, 0.2) is 6.61 Å². The molecular weight excluding hydrogens is 316 g/mol. The summed E-state index contributed by atoms with van der Waals surface area (Å²) in [5, 5.41) is 3.10. The summed E-state index contributed by atoms with van der Waals surface area (Å²) in [5.41, 5.74) is 0. The lowest BCUT2D eigenvalue weighted by Gasteiger charge is -2.32. The SMILES string of the molecule is O=C(COc1ccc(OCC2CC2)cc1)NC1CCN(C2CC2)CC1. The number of nitrogens with one attached hydrogen (secondary N) is 1. The highest BCUT2D eigenvalue weighted by atomic mass is 16.5. The van der Waals surface area contributed by atoms with E-state index in [9.17, 15) is 4.79 Å². The van der Waals surface area contributed by atoms with Crippen LogP contribution < -0.4 is 14.8 Å². The second-order valence-electron chi connectivity index (χ2n) is 7.62. The third-order valence-corrected chi connectivity index (χ3v) is 5.33. The Kier molecular flexibility index (Phi) is 5.11. The molecule has 1 heterocycles. The summed E-state index contributed by atoms with van der Waals surface area (Å²) in [5.74, 6) is 2.29. The van der Waals surface area contributed by atoms with E-state index in [0.717, 1.165) is 50.2 Å². The fraction of sp³-hybridized carbons (Fsp3) is 0.650. The van der Waals surface area contributed by atoms with Crippen molar-refractivity contribution in [3.05, 3.63) is 24.3 Å². The average molecular weight is 344 g/mol. The van der Waals surface area contributed by atoms with Crippen molar-refractivity contribution in [2.45, 2.75) is 50.6 Å². The molecule has 4 rings (SSSR count). The molecule has 1 aromatic carbocycles. The molecule has 1 saturated heterocycles. The maximum atomic E-state index is 12.1. The maximum Gasteiger partial charge on any atom is 0.258 e. The van der Waals surface area contributed by atoms with Gasteiger partial charge in [0, 0.05) is 25.2 Å². The molecule has 1 aromatic rings. The van der Waals surface area contributed by atoms with Gasteiger partial charge in [-0.15, -0.1) is 0 Å². The molecule has 3 aliphatic rings. The van der Waals surface area contributed by atoms with Crippen LogP contribution in [0.4, 0.5) is 0 Å². The standard InChI is InChI=1S/C20H28N2O3/c23-20(21-16-9-11-22(12-10-16)17-3-4-17)14-25-19-7-5-18(6-8-19)24-13-15-1-2-15/h5-8,15-17H,1-4,9-14H2,(H,21,23). The van der Waals surface area contributed by atoms with Gasteiger partial charge in [0.2, 0.25) is 0 Å². The smallest absolute Gasteiger partial charge is 0.258 e. The molecule has 0 spiro atoms. The van der Waals surface area contributed by atoms with Crippen LogP contribution in [0, 0.1) is 5.92 Å². The van der Waals surface area contributed by atoms with Gasteiger partial charge in [0.25, 0.3) is 5.91 Å². The van der Waals surface area contributed by atoms with Gasteiger partial charge in [-0.1, -0.05) is 0 Å². The van der Waals surface area contributed by atoms with Crippen LogP contribution in [0.2, 0.25) is 0 Å². The number of carbonyl (C=O) groups excluding carboxylic acids is 1. The summed E-state index contributed by atoms with van der Waals surface area (Å²) in [6.07, 6.45) is 7.39. The van der Waals surface area contributed by atoms with Crippen molar-refractivity contribution >= 4 is 5.91 Å². The van der Waals surface area contributed by atoms with Gasteiger partial charge < -0.3 is 19.7 Å². The van der Waals surface area contributed by atoms with Crippen LogP contribution in [0.15, 0.2) is 24.3 Å². The Morgan fingerprint density at radius 1 is 0.960 bits per heavy atom. The molecule has 1 N–H and O–H groups in total. The lowest BCUT2D eigenvalue weighted by atomic mass is 10.0. The average Bonchev–Trinajstić information content (AvgIpc) is 3.53. The fourth-order valence-electron chi connectivity index (χ4n) is 3.40. The molecule has 2 saturated carbocycles. The zero-order chi connectivity index (χ0) is 17.1. The molecule has 3 fully saturated rings. The van der Waals surface area contributed by atoms with Crippen LogP contribution >= 0.6 is 0 Å². The second-order valence-corrected chi connectivity index (χ2v) is 7.62. The highest BCUT2D eigenvalue weighted by Crippen LogP contribution is 2.30. The number of rotatable bonds is 8. The minimum Gasteiger partial charge on any atom is -0.493 e. The Hall–Kier alpha value is -1.75. The van der Waals surface area contributed by atoms with Crippen molar-refractivity contribution in [3.8, 4) is 11.5 Å². The lowest BCUT2D eigenvalue weighted by molar-refractivity contribution is -0.124. The van der Waals surface area contributed by atoms with Crippen molar-refractivity contribution in [2.24, 2.45) is 5.92 Å². The van der Waals surface area contributed by atoms with E-state index in [4.69, 9.17) is 9.47 Å². The second kappa shape index (κ2) is 7.65. The fourth-order valence-corrected chi connectivity index (χ4v) is 3.40. The van der Waals surface area contributed by atoms with Crippen LogP contribution in [0.1, 0.15) is 38.5 Å². The Morgan fingerprint density at radius 2 is 1.60 bits per heavy atom. The number of ether oxygens (including phenoxy) is 2. The minimum absolute atomic E-state index is 0.0288. The number of amides is 1. The zero-order valence-electron chi connectivity index (χ0n) is 14.8. The Morgan fingerprint density at radius 3 is 2.20 bits per heavy atom. The summed E-state index contributed by atoms with van der Waals surface area (Å²) in [7, 11) is 0. The number of nitrogens with zero attached hydrogens (tertiary/aromatic N) is 1. The molecule has 136 valence electrons. The topological polar surface area (TPSA) is 50.8 Å². The molecule has 0 unspecified atom stereocenters. The Bertz CT molecular complexity index is 573. The van der Waals surface area contributed by atoms with E-state index in [2.05, 4.69) is 10.2 Å². The number of carbonyl (C=O) groups is 1. The van der Waals surface area contributed by atoms with Gasteiger partial charge in [-0.05, 0) is 68.7 Å². The molecule has 25 heavy (non-hydrogen) atoms. The zero-order valence-corrected chi connectivity index (χ0v) is 14.8. The maximum absolute atomic E-state index is 12.1. The minimum atomic E-state index is -0.0288. The lowest BCUT2D eigenvalue weighted by Crippen LogP contribution is -2.46. The summed E-state index contributed by atoms with van der Waals surface area (Å²) >= 11 is 0. The van der Waals surface area contributed by atoms with Crippen molar-refractivity contribution < 1.29 is 14.3 Å². The monoisotopic (exact) mass is 344 g/mol. The Balaban J connectivity index is 1.14. The molecular formula is C20H28N2O3. The number of benzene rings is 1. The van der Waals surface area contributed by atoms with Crippen molar-refractivity contribution in [1.29, 1.82) is 0 Å². The van der Waals surface area contributed by atoms with Gasteiger partial charge >= 0.3 is 0 Å². The largest absolute Gasteiger partial charge is 0.493 e. The third-order valence-electron chi connectivity index (χ3n) is 5.33. The number of hydrogen-bond donors (Lipinski definition) is 1. The normalized spacial score (nSPS) is 21.8. The number of hydrogen-bond acceptors (Lipinski definition) is 4. The highest BCUT2D eigenvalue weighted by molar-refractivity contribution is 5.77. The van der Waals surface area contributed by atoms with E-state index in [-0.39, 0.29) is 12.5 Å². The molecule has 2 aliphatic carbocycles. The first-order valence-electron chi connectivity index (χ1n) is 9.65. The van der Waals surface area contributed by atoms with Gasteiger partial charge in [-0.3, -0.25) is 4.79 Å². The van der Waals surface area contributed by atoms with Crippen LogP contribution in [0.25, 0.3) is 0 Å². The summed E-state index contributed by atoms with van der Waals surface area (Å²) in [6, 6.07) is 8.67. The van der Waals surface area contributed by atoms with E-state index < -0.39 is 0 Å². The van der Waals surface area contributed by atoms with Gasteiger partial charge in [-0.25, -0.2) is 0 Å². The number of piperidine rings is 1. The van der Waals surface area contributed by atoms with Crippen molar-refractivity contribution in [2.75, 3.05) is 26.3 Å². The van der Waals surface area contributed by atoms with E-state index in [1.165, 1.54) is 25.7 Å². The van der Waals surface area contributed by atoms with Gasteiger partial charge in [0.05, 0.1) is 6.61 Å². The van der Waals surface area contributed by atoms with Crippen LogP contribution in [-0.4, -0.2) is 49.2 Å². The van der Waals surface area contributed by atoms with Crippen LogP contribution in [-0.2, 0) is 4.79 Å². The molecule has 1 aliphatic heterocycles. The highest BCUT2D eigenvalue weighted by Gasteiger charge is 2.32. The molecule has 1 amide bonds. The van der Waals surface area contributed by atoms with Crippen molar-refractivity contribution in [1.82, 2.24) is 10.2 Å². The molecule has 0 radical (unpaired) electrons. The molecule has 0 aromatic heterocycles. The van der Waals surface area contributed by atoms with Crippen LogP contribution in [0.3, 0.4) is 0 Å². The summed E-state index contributed by atoms with van der Waals surface area (Å²) in [4.78, 5) is 14.7. The van der Waals surface area contributed by atoms with E-state index >= 15 is 0 Å². The quantitative estimate of drug-likeness (QED) is 0.788. The summed E-state index contributed by atoms with van der Waals surface area (Å²) in [6.45, 7) is 3.10. The molecule has 5 heteroatoms. The third kappa shape index (κ3) is 5.11. The Labute approximate surface area is 149 Å². The first-order chi connectivity index (χ1) is 12.3. The predicted molar refractivity (Wildman–Crippen MR) is 95.9 cm³/mol. The predicted octanol–water partition coefficient (Wildman–Crippen LogP) is 2.60. The first kappa shape index (κ1) is 16.7. The molecule has 0 bridgehead atoms. The van der Waals surface area contributed by atoms with E-state index in [0.29, 0.717) is 11.8 Å². The molecule has 0 atom stereocenters. The van der Waals surface area contributed by atoms with E-state index in [1.807, 2.05) is 24.3 Å². The first-order valence-corrected chi connectivity index (χ1v) is 9.65. The van der Waals surface area contributed by atoms with Gasteiger partial charge in [0.1, 0.15) is 11.5 Å². The van der Waals surface area contributed by atoms with E-state index in [1.54, 1.807) is 0 Å². The molecule has 5 nitrogen and oxygen atoms in total.